The van der Waals surface area contributed by atoms with Crippen LogP contribution in [0.15, 0.2) is 30.6 Å². The molecule has 0 amide bonds. The van der Waals surface area contributed by atoms with E-state index in [1.807, 2.05) is 0 Å². The summed E-state index contributed by atoms with van der Waals surface area (Å²) >= 11 is 1.69. The van der Waals surface area contributed by atoms with E-state index in [0.29, 0.717) is 41.1 Å². The van der Waals surface area contributed by atoms with Crippen molar-refractivity contribution in [1.82, 2.24) is 15.0 Å². The monoisotopic (exact) mass is 452 g/mol. The van der Waals surface area contributed by atoms with Gasteiger partial charge in [-0.25, -0.2) is 32.5 Å². The maximum absolute atomic E-state index is 15.6. The number of fused-ring (bicyclic) bond motifs is 1. The number of benzene rings is 1. The van der Waals surface area contributed by atoms with Crippen LogP contribution in [0, 0.1) is 5.82 Å². The first-order valence-corrected chi connectivity index (χ1v) is 10.8. The number of pyridine rings is 1. The van der Waals surface area contributed by atoms with E-state index in [9.17, 15) is 13.2 Å². The van der Waals surface area contributed by atoms with Crippen LogP contribution in [0.5, 0.6) is 5.88 Å². The molecule has 0 radical (unpaired) electrons. The van der Waals surface area contributed by atoms with Crippen LogP contribution in [-0.2, 0) is 12.2 Å². The van der Waals surface area contributed by atoms with Gasteiger partial charge in [-0.05, 0) is 30.4 Å². The maximum Gasteiger partial charge on any atom is 0.266 e. The van der Waals surface area contributed by atoms with E-state index in [4.69, 9.17) is 4.74 Å². The SMILES string of the molecule is COc1nc(C2(F)CCSCC2)cc2c(NCc3cccc(C(F)F)c3F)ncnc12. The largest absolute Gasteiger partial charge is 0.479 e. The molecule has 1 N–H and O–H groups in total. The quantitative estimate of drug-likeness (QED) is 0.505. The standard InChI is InChI=1S/C21H20F4N4OS/c1-30-20-17-14(9-15(29-20)21(25)5-7-31-8-6-21)19(28-11-27-17)26-10-12-3-2-4-13(16(12)22)18(23)24/h2-4,9,11,18H,5-8,10H2,1H3,(H,26,27,28). The van der Waals surface area contributed by atoms with Crippen LogP contribution in [-0.4, -0.2) is 33.6 Å². The van der Waals surface area contributed by atoms with Gasteiger partial charge in [-0.1, -0.05) is 18.2 Å². The summed E-state index contributed by atoms with van der Waals surface area (Å²) in [6, 6.07) is 5.43. The molecule has 1 aliphatic rings. The Morgan fingerprint density at radius 3 is 2.71 bits per heavy atom. The topological polar surface area (TPSA) is 59.9 Å². The van der Waals surface area contributed by atoms with Gasteiger partial charge in [0.25, 0.3) is 6.43 Å². The smallest absolute Gasteiger partial charge is 0.266 e. The van der Waals surface area contributed by atoms with Gasteiger partial charge < -0.3 is 10.1 Å². The molecule has 10 heteroatoms. The summed E-state index contributed by atoms with van der Waals surface area (Å²) in [6.45, 7) is -0.0874. The number of anilines is 1. The summed E-state index contributed by atoms with van der Waals surface area (Å²) in [5.41, 5.74) is -1.57. The second-order valence-electron chi connectivity index (χ2n) is 7.19. The average Bonchev–Trinajstić information content (AvgIpc) is 2.78. The van der Waals surface area contributed by atoms with Gasteiger partial charge in [0.1, 0.15) is 23.5 Å². The van der Waals surface area contributed by atoms with E-state index in [2.05, 4.69) is 20.3 Å². The predicted octanol–water partition coefficient (Wildman–Crippen LogP) is 5.41. The van der Waals surface area contributed by atoms with E-state index >= 15 is 4.39 Å². The highest BCUT2D eigenvalue weighted by molar-refractivity contribution is 7.99. The van der Waals surface area contributed by atoms with Crippen molar-refractivity contribution in [3.8, 4) is 5.88 Å². The normalized spacial score (nSPS) is 15.9. The minimum Gasteiger partial charge on any atom is -0.479 e. The molecule has 0 atom stereocenters. The zero-order chi connectivity index (χ0) is 22.0. The average molecular weight is 452 g/mol. The van der Waals surface area contributed by atoms with Crippen LogP contribution < -0.4 is 10.1 Å². The Bertz CT molecular complexity index is 1090. The molecule has 2 aromatic heterocycles. The van der Waals surface area contributed by atoms with Crippen molar-refractivity contribution in [3.05, 3.63) is 53.2 Å². The molecule has 1 fully saturated rings. The van der Waals surface area contributed by atoms with Crippen molar-refractivity contribution in [3.63, 3.8) is 0 Å². The van der Waals surface area contributed by atoms with Gasteiger partial charge in [0.05, 0.1) is 23.8 Å². The third-order valence-electron chi connectivity index (χ3n) is 5.32. The summed E-state index contributed by atoms with van der Waals surface area (Å²) in [5.74, 6) is 0.885. The number of methoxy groups -OCH3 is 1. The number of rotatable bonds is 6. The second-order valence-corrected chi connectivity index (χ2v) is 8.41. The Labute approximate surface area is 180 Å². The number of hydrogen-bond donors (Lipinski definition) is 1. The fraction of sp³-hybridized carbons (Fsp3) is 0.381. The first-order valence-electron chi connectivity index (χ1n) is 9.69. The molecule has 1 aliphatic heterocycles. The Morgan fingerprint density at radius 2 is 2.00 bits per heavy atom. The van der Waals surface area contributed by atoms with Gasteiger partial charge in [0, 0.05) is 12.1 Å². The highest BCUT2D eigenvalue weighted by Gasteiger charge is 2.36. The fourth-order valence-corrected chi connectivity index (χ4v) is 4.72. The maximum atomic E-state index is 15.6. The zero-order valence-electron chi connectivity index (χ0n) is 16.7. The lowest BCUT2D eigenvalue weighted by Gasteiger charge is -2.29. The van der Waals surface area contributed by atoms with Crippen molar-refractivity contribution < 1.29 is 22.3 Å². The number of nitrogens with one attached hydrogen (secondary N) is 1. The summed E-state index contributed by atoms with van der Waals surface area (Å²) in [6.07, 6.45) is -0.960. The van der Waals surface area contributed by atoms with E-state index in [-0.39, 0.29) is 23.7 Å². The molecule has 1 aromatic carbocycles. The van der Waals surface area contributed by atoms with Gasteiger partial charge in [0.2, 0.25) is 5.88 Å². The third-order valence-corrected chi connectivity index (χ3v) is 6.30. The molecule has 164 valence electrons. The molecule has 0 spiro atoms. The molecule has 3 aromatic rings. The van der Waals surface area contributed by atoms with Crippen molar-refractivity contribution in [2.75, 3.05) is 23.9 Å². The van der Waals surface area contributed by atoms with E-state index in [1.165, 1.54) is 25.6 Å². The van der Waals surface area contributed by atoms with Crippen LogP contribution >= 0.6 is 11.8 Å². The van der Waals surface area contributed by atoms with Crippen molar-refractivity contribution in [2.45, 2.75) is 31.5 Å². The Kier molecular flexibility index (Phi) is 6.17. The number of thioether (sulfide) groups is 1. The van der Waals surface area contributed by atoms with Gasteiger partial charge in [-0.15, -0.1) is 0 Å². The van der Waals surface area contributed by atoms with Gasteiger partial charge >= 0.3 is 0 Å². The molecule has 0 bridgehead atoms. The number of halogens is 4. The molecular weight excluding hydrogens is 432 g/mol. The van der Waals surface area contributed by atoms with Crippen LogP contribution in [0.3, 0.4) is 0 Å². The number of alkyl halides is 3. The van der Waals surface area contributed by atoms with Crippen molar-refractivity contribution in [1.29, 1.82) is 0 Å². The molecule has 0 saturated carbocycles. The summed E-state index contributed by atoms with van der Waals surface area (Å²) < 4.78 is 61.3. The van der Waals surface area contributed by atoms with Gasteiger partial charge in [-0.2, -0.15) is 11.8 Å². The second kappa shape index (κ2) is 8.86. The number of nitrogens with zero attached hydrogens (tertiary/aromatic N) is 3. The third kappa shape index (κ3) is 4.26. The molecule has 0 unspecified atom stereocenters. The van der Waals surface area contributed by atoms with Crippen LogP contribution in [0.25, 0.3) is 10.9 Å². The minimum atomic E-state index is -2.91. The molecular formula is C21H20F4N4OS. The summed E-state index contributed by atoms with van der Waals surface area (Å²) in [4.78, 5) is 12.7. The van der Waals surface area contributed by atoms with E-state index in [1.54, 1.807) is 17.8 Å². The first-order chi connectivity index (χ1) is 14.9. The van der Waals surface area contributed by atoms with Crippen LogP contribution in [0.4, 0.5) is 23.4 Å². The highest BCUT2D eigenvalue weighted by Crippen LogP contribution is 2.41. The minimum absolute atomic E-state index is 0.0667. The number of aromatic nitrogens is 3. The Morgan fingerprint density at radius 1 is 1.23 bits per heavy atom. The van der Waals surface area contributed by atoms with E-state index < -0.39 is 23.5 Å². The molecule has 4 rings (SSSR count). The van der Waals surface area contributed by atoms with E-state index in [0.717, 1.165) is 6.07 Å². The number of hydrogen-bond acceptors (Lipinski definition) is 6. The fourth-order valence-electron chi connectivity index (χ4n) is 3.58. The Hall–Kier alpha value is -2.62. The van der Waals surface area contributed by atoms with Crippen LogP contribution in [0.1, 0.15) is 36.1 Å². The zero-order valence-corrected chi connectivity index (χ0v) is 17.5. The van der Waals surface area contributed by atoms with Gasteiger partial charge in [0.15, 0.2) is 5.67 Å². The molecule has 1 saturated heterocycles. The molecule has 3 heterocycles. The molecule has 0 aliphatic carbocycles. The molecule has 5 nitrogen and oxygen atoms in total. The Balaban J connectivity index is 1.72. The van der Waals surface area contributed by atoms with Crippen molar-refractivity contribution in [2.24, 2.45) is 0 Å². The number of ether oxygens (including phenoxy) is 1. The molecule has 31 heavy (non-hydrogen) atoms. The van der Waals surface area contributed by atoms with Crippen molar-refractivity contribution >= 4 is 28.5 Å². The first kappa shape index (κ1) is 21.6. The lowest BCUT2D eigenvalue weighted by molar-refractivity contribution is 0.144. The lowest BCUT2D eigenvalue weighted by Crippen LogP contribution is -2.27. The lowest BCUT2D eigenvalue weighted by atomic mass is 9.93. The summed E-state index contributed by atoms with van der Waals surface area (Å²) in [7, 11) is 1.42. The summed E-state index contributed by atoms with van der Waals surface area (Å²) in [5, 5.41) is 3.42. The van der Waals surface area contributed by atoms with Crippen LogP contribution in [0.2, 0.25) is 0 Å². The highest BCUT2D eigenvalue weighted by atomic mass is 32.2. The van der Waals surface area contributed by atoms with Gasteiger partial charge in [-0.3, -0.25) is 0 Å². The predicted molar refractivity (Wildman–Crippen MR) is 112 cm³/mol.